The third kappa shape index (κ3) is 3.30. The highest BCUT2D eigenvalue weighted by atomic mass is 16.3. The van der Waals surface area contributed by atoms with Gasteiger partial charge in [0.25, 0.3) is 0 Å². The molecule has 2 rings (SSSR count). The van der Waals surface area contributed by atoms with Crippen molar-refractivity contribution in [3.8, 4) is 5.75 Å². The van der Waals surface area contributed by atoms with Crippen molar-refractivity contribution in [2.24, 2.45) is 0 Å². The zero-order valence-electron chi connectivity index (χ0n) is 12.6. The van der Waals surface area contributed by atoms with Crippen molar-refractivity contribution >= 4 is 0 Å². The molecule has 0 bridgehead atoms. The maximum absolute atomic E-state index is 9.89. The van der Waals surface area contributed by atoms with Crippen LogP contribution in [0, 0.1) is 6.92 Å². The van der Waals surface area contributed by atoms with E-state index < -0.39 is 0 Å². The van der Waals surface area contributed by atoms with Gasteiger partial charge in [0.15, 0.2) is 0 Å². The van der Waals surface area contributed by atoms with E-state index in [4.69, 9.17) is 0 Å². The number of aryl methyl sites for hydroxylation is 2. The van der Waals surface area contributed by atoms with E-state index >= 15 is 0 Å². The van der Waals surface area contributed by atoms with Gasteiger partial charge >= 0.3 is 0 Å². The van der Waals surface area contributed by atoms with Crippen LogP contribution in [0.4, 0.5) is 0 Å². The molecule has 1 aliphatic carbocycles. The third-order valence-electron chi connectivity index (χ3n) is 4.26. The molecule has 0 aliphatic heterocycles. The van der Waals surface area contributed by atoms with Crippen molar-refractivity contribution < 1.29 is 5.11 Å². The zero-order valence-corrected chi connectivity index (χ0v) is 12.6. The lowest BCUT2D eigenvalue weighted by molar-refractivity contribution is 0.180. The molecule has 0 spiro atoms. The monoisotopic (exact) mass is 261 g/mol. The Labute approximate surface area is 117 Å². The second-order valence-corrected chi connectivity index (χ2v) is 5.84. The van der Waals surface area contributed by atoms with Gasteiger partial charge in [-0.1, -0.05) is 19.9 Å². The van der Waals surface area contributed by atoms with Crippen molar-refractivity contribution in [2.75, 3.05) is 13.1 Å². The van der Waals surface area contributed by atoms with Crippen LogP contribution in [-0.4, -0.2) is 29.1 Å². The van der Waals surface area contributed by atoms with Crippen LogP contribution in [0.1, 0.15) is 49.8 Å². The van der Waals surface area contributed by atoms with Gasteiger partial charge in [-0.3, -0.25) is 0 Å². The van der Waals surface area contributed by atoms with E-state index in [2.05, 4.69) is 24.8 Å². The largest absolute Gasteiger partial charge is 0.508 e. The SMILES string of the molecule is CCCN(CCC)[C@H]1CCc2cc(C)c(O)cc2C1. The van der Waals surface area contributed by atoms with Gasteiger partial charge in [0.2, 0.25) is 0 Å². The summed E-state index contributed by atoms with van der Waals surface area (Å²) in [5, 5.41) is 9.89. The predicted octanol–water partition coefficient (Wildman–Crippen LogP) is 3.68. The summed E-state index contributed by atoms with van der Waals surface area (Å²) >= 11 is 0. The smallest absolute Gasteiger partial charge is 0.118 e. The Morgan fingerprint density at radius 2 is 1.84 bits per heavy atom. The number of benzene rings is 1. The maximum atomic E-state index is 9.89. The summed E-state index contributed by atoms with van der Waals surface area (Å²) in [5.74, 6) is 0.455. The molecule has 106 valence electrons. The molecule has 1 aliphatic rings. The van der Waals surface area contributed by atoms with Crippen molar-refractivity contribution in [2.45, 2.75) is 58.9 Å². The Bertz CT molecular complexity index is 422. The average molecular weight is 261 g/mol. The lowest BCUT2D eigenvalue weighted by atomic mass is 9.86. The number of phenolic OH excluding ortho intramolecular Hbond substituents is 1. The molecule has 1 aromatic carbocycles. The molecule has 1 N–H and O–H groups in total. The summed E-state index contributed by atoms with van der Waals surface area (Å²) in [5.41, 5.74) is 3.81. The first-order valence-electron chi connectivity index (χ1n) is 7.71. The van der Waals surface area contributed by atoms with E-state index in [1.54, 1.807) is 0 Å². The van der Waals surface area contributed by atoms with E-state index in [0.29, 0.717) is 11.8 Å². The molecule has 0 saturated heterocycles. The molecular formula is C17H27NO. The van der Waals surface area contributed by atoms with E-state index in [1.807, 2.05) is 13.0 Å². The maximum Gasteiger partial charge on any atom is 0.118 e. The summed E-state index contributed by atoms with van der Waals surface area (Å²) in [6.45, 7) is 8.91. The molecule has 0 aromatic heterocycles. The Hall–Kier alpha value is -1.02. The fraction of sp³-hybridized carbons (Fsp3) is 0.647. The highest BCUT2D eigenvalue weighted by Gasteiger charge is 2.24. The summed E-state index contributed by atoms with van der Waals surface area (Å²) in [4.78, 5) is 2.64. The Morgan fingerprint density at radius 3 is 2.47 bits per heavy atom. The van der Waals surface area contributed by atoms with Gasteiger partial charge < -0.3 is 10.0 Å². The molecule has 0 amide bonds. The minimum Gasteiger partial charge on any atom is -0.508 e. The molecule has 19 heavy (non-hydrogen) atoms. The molecule has 0 fully saturated rings. The quantitative estimate of drug-likeness (QED) is 0.874. The number of aromatic hydroxyl groups is 1. The molecule has 1 aromatic rings. The highest BCUT2D eigenvalue weighted by molar-refractivity contribution is 5.42. The topological polar surface area (TPSA) is 23.5 Å². The standard InChI is InChI=1S/C17H27NO/c1-4-8-18(9-5-2)16-7-6-14-10-13(3)17(19)12-15(14)11-16/h10,12,16,19H,4-9,11H2,1-3H3/t16-/m0/s1. The Balaban J connectivity index is 2.14. The van der Waals surface area contributed by atoms with Crippen molar-refractivity contribution in [3.05, 3.63) is 28.8 Å². The van der Waals surface area contributed by atoms with Crippen molar-refractivity contribution in [1.82, 2.24) is 4.90 Å². The van der Waals surface area contributed by atoms with Crippen LogP contribution in [0.25, 0.3) is 0 Å². The lowest BCUT2D eigenvalue weighted by Gasteiger charge is -2.35. The van der Waals surface area contributed by atoms with Crippen molar-refractivity contribution in [1.29, 1.82) is 0 Å². The number of nitrogens with zero attached hydrogens (tertiary/aromatic N) is 1. The molecule has 0 unspecified atom stereocenters. The summed E-state index contributed by atoms with van der Waals surface area (Å²) in [6, 6.07) is 4.83. The summed E-state index contributed by atoms with van der Waals surface area (Å²) in [6.07, 6.45) is 5.97. The van der Waals surface area contributed by atoms with Crippen LogP contribution in [0.3, 0.4) is 0 Å². The first kappa shape index (κ1) is 14.4. The summed E-state index contributed by atoms with van der Waals surface area (Å²) in [7, 11) is 0. The van der Waals surface area contributed by atoms with Gasteiger partial charge in [0.1, 0.15) is 5.75 Å². The highest BCUT2D eigenvalue weighted by Crippen LogP contribution is 2.30. The lowest BCUT2D eigenvalue weighted by Crippen LogP contribution is -2.40. The van der Waals surface area contributed by atoms with Gasteiger partial charge in [0, 0.05) is 6.04 Å². The molecule has 0 heterocycles. The number of phenols is 1. The van der Waals surface area contributed by atoms with Gasteiger partial charge in [-0.25, -0.2) is 0 Å². The van der Waals surface area contributed by atoms with Crippen LogP contribution >= 0.6 is 0 Å². The molecule has 2 nitrogen and oxygen atoms in total. The Morgan fingerprint density at radius 1 is 1.16 bits per heavy atom. The number of fused-ring (bicyclic) bond motifs is 1. The molecule has 0 saturated carbocycles. The van der Waals surface area contributed by atoms with Crippen LogP contribution in [0.5, 0.6) is 5.75 Å². The summed E-state index contributed by atoms with van der Waals surface area (Å²) < 4.78 is 0. The minimum atomic E-state index is 0.455. The number of rotatable bonds is 5. The fourth-order valence-corrected chi connectivity index (χ4v) is 3.26. The van der Waals surface area contributed by atoms with Crippen LogP contribution in [0.15, 0.2) is 12.1 Å². The van der Waals surface area contributed by atoms with E-state index in [0.717, 1.165) is 18.4 Å². The third-order valence-corrected chi connectivity index (χ3v) is 4.26. The average Bonchev–Trinajstić information content (AvgIpc) is 2.39. The van der Waals surface area contributed by atoms with Gasteiger partial charge in [0.05, 0.1) is 0 Å². The van der Waals surface area contributed by atoms with E-state index in [1.165, 1.54) is 43.5 Å². The first-order valence-corrected chi connectivity index (χ1v) is 7.71. The van der Waals surface area contributed by atoms with Crippen LogP contribution in [-0.2, 0) is 12.8 Å². The second kappa shape index (κ2) is 6.42. The fourth-order valence-electron chi connectivity index (χ4n) is 3.26. The molecular weight excluding hydrogens is 234 g/mol. The van der Waals surface area contributed by atoms with Gasteiger partial charge in [-0.05, 0) is 74.9 Å². The molecule has 1 atom stereocenters. The molecule has 2 heteroatoms. The van der Waals surface area contributed by atoms with Crippen LogP contribution in [0.2, 0.25) is 0 Å². The van der Waals surface area contributed by atoms with Gasteiger partial charge in [-0.15, -0.1) is 0 Å². The zero-order chi connectivity index (χ0) is 13.8. The van der Waals surface area contributed by atoms with Crippen LogP contribution < -0.4 is 0 Å². The molecule has 0 radical (unpaired) electrons. The minimum absolute atomic E-state index is 0.455. The first-order chi connectivity index (χ1) is 9.15. The predicted molar refractivity (Wildman–Crippen MR) is 80.8 cm³/mol. The normalized spacial score (nSPS) is 18.6. The number of hydrogen-bond acceptors (Lipinski definition) is 2. The number of hydrogen-bond donors (Lipinski definition) is 1. The van der Waals surface area contributed by atoms with E-state index in [9.17, 15) is 5.11 Å². The van der Waals surface area contributed by atoms with E-state index in [-0.39, 0.29) is 0 Å². The van der Waals surface area contributed by atoms with Crippen molar-refractivity contribution in [3.63, 3.8) is 0 Å². The Kier molecular flexibility index (Phi) is 4.87. The van der Waals surface area contributed by atoms with Gasteiger partial charge in [-0.2, -0.15) is 0 Å². The second-order valence-electron chi connectivity index (χ2n) is 5.84.